The molecule has 1 amide bonds. The number of imidazole rings is 1. The Bertz CT molecular complexity index is 1140. The van der Waals surface area contributed by atoms with Crippen molar-refractivity contribution in [3.05, 3.63) is 72.6 Å². The highest BCUT2D eigenvalue weighted by Crippen LogP contribution is 2.27. The van der Waals surface area contributed by atoms with Gasteiger partial charge in [0.2, 0.25) is 10.0 Å². The number of aromatic nitrogens is 2. The van der Waals surface area contributed by atoms with Gasteiger partial charge in [0.15, 0.2) is 0 Å². The van der Waals surface area contributed by atoms with Crippen molar-refractivity contribution in [3.63, 3.8) is 0 Å². The van der Waals surface area contributed by atoms with Crippen LogP contribution >= 0.6 is 0 Å². The number of nitrogens with one attached hydrogen (secondary N) is 2. The van der Waals surface area contributed by atoms with Crippen LogP contribution in [0.1, 0.15) is 34.9 Å². The maximum Gasteiger partial charge on any atom is 0.253 e. The molecule has 0 radical (unpaired) electrons. The smallest absolute Gasteiger partial charge is 0.253 e. The van der Waals surface area contributed by atoms with Gasteiger partial charge in [0.05, 0.1) is 15.9 Å². The Morgan fingerprint density at radius 1 is 1.23 bits per heavy atom. The third-order valence-electron chi connectivity index (χ3n) is 5.33. The molecule has 1 aliphatic rings. The summed E-state index contributed by atoms with van der Waals surface area (Å²) in [6, 6.07) is 13.9. The van der Waals surface area contributed by atoms with Gasteiger partial charge >= 0.3 is 0 Å². The summed E-state index contributed by atoms with van der Waals surface area (Å²) in [6.07, 6.45) is 3.34. The van der Waals surface area contributed by atoms with E-state index in [0.717, 1.165) is 29.7 Å². The van der Waals surface area contributed by atoms with Crippen molar-refractivity contribution >= 4 is 27.0 Å². The van der Waals surface area contributed by atoms with Crippen LogP contribution in [0.25, 0.3) is 11.0 Å². The van der Waals surface area contributed by atoms with Crippen molar-refractivity contribution in [1.82, 2.24) is 19.6 Å². The van der Waals surface area contributed by atoms with Crippen LogP contribution in [-0.4, -0.2) is 48.8 Å². The van der Waals surface area contributed by atoms with E-state index in [0.29, 0.717) is 18.7 Å². The number of carbonyl (C=O) groups is 1. The normalized spacial score (nSPS) is 17.2. The van der Waals surface area contributed by atoms with Crippen LogP contribution in [-0.2, 0) is 10.0 Å². The van der Waals surface area contributed by atoms with Gasteiger partial charge in [0.25, 0.3) is 5.91 Å². The molecule has 1 fully saturated rings. The SMILES string of the molecule is C=CCNS(=O)(=O)c1ccc(C(=O)N2CCC[C@H](c3nc4ccccc4[nH]3)C2)cc1. The van der Waals surface area contributed by atoms with E-state index in [1.807, 2.05) is 29.2 Å². The number of aromatic amines is 1. The molecule has 1 aliphatic heterocycles. The number of likely N-dealkylation sites (tertiary alicyclic amines) is 1. The number of H-pyrrole nitrogens is 1. The number of nitrogens with zero attached hydrogens (tertiary/aromatic N) is 2. The molecule has 0 saturated carbocycles. The van der Waals surface area contributed by atoms with Crippen LogP contribution in [0.3, 0.4) is 0 Å². The Hall–Kier alpha value is -2.97. The first-order chi connectivity index (χ1) is 14.5. The van der Waals surface area contributed by atoms with E-state index in [4.69, 9.17) is 4.98 Å². The Labute approximate surface area is 175 Å². The molecule has 2 heterocycles. The van der Waals surface area contributed by atoms with Crippen LogP contribution in [0.4, 0.5) is 0 Å². The van der Waals surface area contributed by atoms with Crippen molar-refractivity contribution in [2.75, 3.05) is 19.6 Å². The number of sulfonamides is 1. The number of para-hydroxylation sites is 2. The number of carbonyl (C=O) groups excluding carboxylic acids is 1. The second kappa shape index (κ2) is 8.41. The van der Waals surface area contributed by atoms with E-state index in [2.05, 4.69) is 16.3 Å². The fraction of sp³-hybridized carbons (Fsp3) is 0.273. The predicted molar refractivity (Wildman–Crippen MR) is 116 cm³/mol. The van der Waals surface area contributed by atoms with Gasteiger partial charge < -0.3 is 9.88 Å². The summed E-state index contributed by atoms with van der Waals surface area (Å²) in [5.74, 6) is 0.958. The lowest BCUT2D eigenvalue weighted by molar-refractivity contribution is 0.0705. The Morgan fingerprint density at radius 3 is 2.73 bits per heavy atom. The molecular weight excluding hydrogens is 400 g/mol. The number of fused-ring (bicyclic) bond motifs is 1. The van der Waals surface area contributed by atoms with Crippen LogP contribution in [0.2, 0.25) is 0 Å². The van der Waals surface area contributed by atoms with Gasteiger partial charge in [-0.15, -0.1) is 6.58 Å². The van der Waals surface area contributed by atoms with Gasteiger partial charge in [-0.25, -0.2) is 18.1 Å². The number of benzene rings is 2. The number of piperidine rings is 1. The quantitative estimate of drug-likeness (QED) is 0.595. The molecule has 4 rings (SSSR count). The summed E-state index contributed by atoms with van der Waals surface area (Å²) in [7, 11) is -3.61. The molecule has 0 unspecified atom stereocenters. The molecule has 0 bridgehead atoms. The second-order valence-corrected chi connectivity index (χ2v) is 9.16. The van der Waals surface area contributed by atoms with Crippen LogP contribution in [0.15, 0.2) is 66.1 Å². The number of amides is 1. The van der Waals surface area contributed by atoms with Gasteiger partial charge in [-0.1, -0.05) is 18.2 Å². The van der Waals surface area contributed by atoms with Gasteiger partial charge in [0.1, 0.15) is 5.82 Å². The third-order valence-corrected chi connectivity index (χ3v) is 6.77. The van der Waals surface area contributed by atoms with Gasteiger partial charge in [0, 0.05) is 31.1 Å². The number of hydrogen-bond acceptors (Lipinski definition) is 4. The van der Waals surface area contributed by atoms with Crippen LogP contribution in [0, 0.1) is 0 Å². The first-order valence-electron chi connectivity index (χ1n) is 9.92. The van der Waals surface area contributed by atoms with Gasteiger partial charge in [-0.2, -0.15) is 0 Å². The van der Waals surface area contributed by atoms with Crippen molar-refractivity contribution < 1.29 is 13.2 Å². The van der Waals surface area contributed by atoms with Crippen molar-refractivity contribution in [3.8, 4) is 0 Å². The minimum absolute atomic E-state index is 0.0983. The Kier molecular flexibility index (Phi) is 5.69. The van der Waals surface area contributed by atoms with Gasteiger partial charge in [-0.05, 0) is 49.2 Å². The van der Waals surface area contributed by atoms with Gasteiger partial charge in [-0.3, -0.25) is 4.79 Å². The maximum absolute atomic E-state index is 13.0. The third kappa shape index (κ3) is 4.15. The zero-order chi connectivity index (χ0) is 21.1. The molecule has 2 aromatic carbocycles. The molecule has 30 heavy (non-hydrogen) atoms. The monoisotopic (exact) mass is 424 g/mol. The summed E-state index contributed by atoms with van der Waals surface area (Å²) in [6.45, 7) is 4.92. The first-order valence-corrected chi connectivity index (χ1v) is 11.4. The summed E-state index contributed by atoms with van der Waals surface area (Å²) in [4.78, 5) is 23.0. The molecule has 7 nitrogen and oxygen atoms in total. The predicted octanol–water partition coefficient (Wildman–Crippen LogP) is 3.05. The van der Waals surface area contributed by atoms with Crippen LogP contribution in [0.5, 0.6) is 0 Å². The highest BCUT2D eigenvalue weighted by Gasteiger charge is 2.27. The van der Waals surface area contributed by atoms with E-state index >= 15 is 0 Å². The largest absolute Gasteiger partial charge is 0.342 e. The maximum atomic E-state index is 13.0. The molecule has 0 spiro atoms. The summed E-state index contributed by atoms with van der Waals surface area (Å²) >= 11 is 0. The molecule has 1 atom stereocenters. The molecule has 0 aliphatic carbocycles. The van der Waals surface area contributed by atoms with Crippen molar-refractivity contribution in [1.29, 1.82) is 0 Å². The van der Waals surface area contributed by atoms with Crippen LogP contribution < -0.4 is 4.72 Å². The lowest BCUT2D eigenvalue weighted by atomic mass is 9.96. The minimum atomic E-state index is -3.61. The highest BCUT2D eigenvalue weighted by atomic mass is 32.2. The average Bonchev–Trinajstić information content (AvgIpc) is 3.22. The van der Waals surface area contributed by atoms with E-state index in [1.165, 1.54) is 18.2 Å². The van der Waals surface area contributed by atoms with E-state index in [1.54, 1.807) is 12.1 Å². The van der Waals surface area contributed by atoms with E-state index < -0.39 is 10.0 Å². The Balaban J connectivity index is 1.48. The average molecular weight is 425 g/mol. The lowest BCUT2D eigenvalue weighted by Gasteiger charge is -2.32. The zero-order valence-corrected chi connectivity index (χ0v) is 17.4. The molecule has 3 aromatic rings. The first kappa shape index (κ1) is 20.3. The number of rotatable bonds is 6. The summed E-state index contributed by atoms with van der Waals surface area (Å²) < 4.78 is 26.8. The second-order valence-electron chi connectivity index (χ2n) is 7.39. The zero-order valence-electron chi connectivity index (χ0n) is 16.5. The van der Waals surface area contributed by atoms with E-state index in [9.17, 15) is 13.2 Å². The molecule has 8 heteroatoms. The van der Waals surface area contributed by atoms with Crippen molar-refractivity contribution in [2.45, 2.75) is 23.7 Å². The molecule has 2 N–H and O–H groups in total. The molecular formula is C22H24N4O3S. The Morgan fingerprint density at radius 2 is 2.00 bits per heavy atom. The summed E-state index contributed by atoms with van der Waals surface area (Å²) in [5, 5.41) is 0. The molecule has 1 aromatic heterocycles. The number of hydrogen-bond donors (Lipinski definition) is 2. The fourth-order valence-electron chi connectivity index (χ4n) is 3.76. The molecule has 156 valence electrons. The lowest BCUT2D eigenvalue weighted by Crippen LogP contribution is -2.39. The van der Waals surface area contributed by atoms with Crippen molar-refractivity contribution in [2.24, 2.45) is 0 Å². The molecule has 1 saturated heterocycles. The van der Waals surface area contributed by atoms with E-state index in [-0.39, 0.29) is 23.3 Å². The minimum Gasteiger partial charge on any atom is -0.342 e. The standard InChI is InChI=1S/C22H24N4O3S/c1-2-13-23-30(28,29)18-11-9-16(10-12-18)22(27)26-14-5-6-17(15-26)21-24-19-7-3-4-8-20(19)25-21/h2-4,7-12,17,23H,1,5-6,13-15H2,(H,24,25)/t17-/m0/s1. The highest BCUT2D eigenvalue weighted by molar-refractivity contribution is 7.89. The fourth-order valence-corrected chi connectivity index (χ4v) is 4.76. The summed E-state index contributed by atoms with van der Waals surface area (Å²) in [5.41, 5.74) is 2.40. The topological polar surface area (TPSA) is 95.2 Å².